The van der Waals surface area contributed by atoms with Crippen LogP contribution < -0.4 is 0 Å². The van der Waals surface area contributed by atoms with E-state index in [1.807, 2.05) is 54.6 Å². The number of fused-ring (bicyclic) bond motifs is 3. The van der Waals surface area contributed by atoms with Crippen molar-refractivity contribution in [3.05, 3.63) is 162 Å². The molecular formula is C43H30N4. The van der Waals surface area contributed by atoms with E-state index in [1.165, 1.54) is 16.7 Å². The van der Waals surface area contributed by atoms with E-state index in [9.17, 15) is 5.26 Å². The summed E-state index contributed by atoms with van der Waals surface area (Å²) in [4.78, 5) is 15.3. The fraction of sp³-hybridized carbons (Fsp3) is 0.0698. The predicted molar refractivity (Wildman–Crippen MR) is 189 cm³/mol. The van der Waals surface area contributed by atoms with Gasteiger partial charge in [-0.2, -0.15) is 5.26 Å². The number of nitrogens with zero attached hydrogens (tertiary/aromatic N) is 4. The summed E-state index contributed by atoms with van der Waals surface area (Å²) < 4.78 is 0. The van der Waals surface area contributed by atoms with Gasteiger partial charge in [-0.25, -0.2) is 15.0 Å². The predicted octanol–water partition coefficient (Wildman–Crippen LogP) is 10.4. The molecule has 0 bridgehead atoms. The summed E-state index contributed by atoms with van der Waals surface area (Å²) in [5, 5.41) is 9.66. The second-order valence-electron chi connectivity index (χ2n) is 12.4. The average Bonchev–Trinajstić information content (AvgIpc) is 3.37. The van der Waals surface area contributed by atoms with Crippen molar-refractivity contribution in [1.29, 1.82) is 5.26 Å². The Kier molecular flexibility index (Phi) is 6.82. The maximum absolute atomic E-state index is 9.66. The first-order valence-electron chi connectivity index (χ1n) is 15.8. The van der Waals surface area contributed by atoms with Gasteiger partial charge in [-0.3, -0.25) is 0 Å². The lowest BCUT2D eigenvalue weighted by Gasteiger charge is -2.22. The van der Waals surface area contributed by atoms with E-state index in [2.05, 4.69) is 111 Å². The van der Waals surface area contributed by atoms with E-state index in [1.54, 1.807) is 0 Å². The molecule has 1 aliphatic rings. The first-order chi connectivity index (χ1) is 23.0. The molecular weight excluding hydrogens is 573 g/mol. The molecule has 1 aromatic heterocycles. The standard InChI is InChI=1S/C43H30N4/c1-43(2)37-22-12-21-34(39(37)36-24-23-28(27-44)25-38(36)43)33-19-9-10-20-35(33)42-46-40(30-15-7-4-8-16-30)45-41(47-42)32-18-11-17-31(26-32)29-13-5-3-6-14-29/h3-26H,1-2H3. The van der Waals surface area contributed by atoms with Gasteiger partial charge in [0.2, 0.25) is 0 Å². The molecule has 0 fully saturated rings. The Morgan fingerprint density at radius 1 is 0.447 bits per heavy atom. The molecule has 222 valence electrons. The fourth-order valence-corrected chi connectivity index (χ4v) is 6.80. The second-order valence-corrected chi connectivity index (χ2v) is 12.4. The Bertz CT molecular complexity index is 2330. The van der Waals surface area contributed by atoms with E-state index < -0.39 is 0 Å². The van der Waals surface area contributed by atoms with Gasteiger partial charge in [0, 0.05) is 22.1 Å². The van der Waals surface area contributed by atoms with E-state index in [0.29, 0.717) is 23.0 Å². The van der Waals surface area contributed by atoms with Gasteiger partial charge < -0.3 is 0 Å². The van der Waals surface area contributed by atoms with Crippen molar-refractivity contribution in [3.8, 4) is 73.6 Å². The van der Waals surface area contributed by atoms with Crippen molar-refractivity contribution < 1.29 is 0 Å². The van der Waals surface area contributed by atoms with Crippen LogP contribution in [0.25, 0.3) is 67.5 Å². The minimum absolute atomic E-state index is 0.243. The van der Waals surface area contributed by atoms with E-state index >= 15 is 0 Å². The summed E-state index contributed by atoms with van der Waals surface area (Å²) in [5.74, 6) is 1.86. The normalized spacial score (nSPS) is 12.6. The van der Waals surface area contributed by atoms with Crippen LogP contribution >= 0.6 is 0 Å². The van der Waals surface area contributed by atoms with E-state index in [-0.39, 0.29) is 5.41 Å². The molecule has 1 heterocycles. The van der Waals surface area contributed by atoms with Crippen molar-refractivity contribution in [3.63, 3.8) is 0 Å². The zero-order chi connectivity index (χ0) is 32.0. The molecule has 0 atom stereocenters. The highest BCUT2D eigenvalue weighted by Crippen LogP contribution is 2.53. The first-order valence-corrected chi connectivity index (χ1v) is 15.8. The summed E-state index contributed by atoms with van der Waals surface area (Å²) in [7, 11) is 0. The molecule has 0 aliphatic heterocycles. The van der Waals surface area contributed by atoms with Gasteiger partial charge >= 0.3 is 0 Å². The molecule has 0 spiro atoms. The van der Waals surface area contributed by atoms with Gasteiger partial charge in [0.25, 0.3) is 0 Å². The zero-order valence-electron chi connectivity index (χ0n) is 26.1. The molecule has 4 heteroatoms. The quantitative estimate of drug-likeness (QED) is 0.197. The van der Waals surface area contributed by atoms with E-state index in [0.717, 1.165) is 44.5 Å². The molecule has 0 unspecified atom stereocenters. The van der Waals surface area contributed by atoms with Crippen molar-refractivity contribution in [2.45, 2.75) is 19.3 Å². The number of benzene rings is 6. The number of nitriles is 1. The Morgan fingerprint density at radius 3 is 1.77 bits per heavy atom. The van der Waals surface area contributed by atoms with Gasteiger partial charge in [0.05, 0.1) is 11.6 Å². The van der Waals surface area contributed by atoms with Crippen LogP contribution in [0, 0.1) is 11.3 Å². The van der Waals surface area contributed by atoms with Gasteiger partial charge in [-0.05, 0) is 62.7 Å². The van der Waals surface area contributed by atoms with Crippen LogP contribution in [0.5, 0.6) is 0 Å². The number of aromatic nitrogens is 3. The van der Waals surface area contributed by atoms with Crippen molar-refractivity contribution in [2.75, 3.05) is 0 Å². The summed E-state index contributed by atoms with van der Waals surface area (Å²) in [6.45, 7) is 4.48. The molecule has 0 N–H and O–H groups in total. The van der Waals surface area contributed by atoms with Crippen molar-refractivity contribution in [1.82, 2.24) is 15.0 Å². The molecule has 1 aliphatic carbocycles. The van der Waals surface area contributed by atoms with Gasteiger partial charge in [-0.1, -0.05) is 141 Å². The third-order valence-corrected chi connectivity index (χ3v) is 9.18. The maximum atomic E-state index is 9.66. The molecule has 0 saturated carbocycles. The van der Waals surface area contributed by atoms with Gasteiger partial charge in [0.1, 0.15) is 0 Å². The zero-order valence-corrected chi connectivity index (χ0v) is 26.1. The molecule has 8 rings (SSSR count). The Morgan fingerprint density at radius 2 is 1.02 bits per heavy atom. The van der Waals surface area contributed by atoms with Gasteiger partial charge in [-0.15, -0.1) is 0 Å². The van der Waals surface area contributed by atoms with E-state index in [4.69, 9.17) is 15.0 Å². The minimum atomic E-state index is -0.243. The molecule has 6 aromatic carbocycles. The molecule has 7 aromatic rings. The number of hydrogen-bond donors (Lipinski definition) is 0. The average molecular weight is 603 g/mol. The van der Waals surface area contributed by atoms with Crippen LogP contribution in [0.4, 0.5) is 0 Å². The SMILES string of the molecule is CC1(C)c2cc(C#N)ccc2-c2c(-c3ccccc3-c3nc(-c4ccccc4)nc(-c4cccc(-c5ccccc5)c4)n3)cccc21. The lowest BCUT2D eigenvalue weighted by atomic mass is 9.81. The molecule has 0 saturated heterocycles. The van der Waals surface area contributed by atoms with Crippen LogP contribution in [-0.2, 0) is 5.41 Å². The fourth-order valence-electron chi connectivity index (χ4n) is 6.80. The highest BCUT2D eigenvalue weighted by molar-refractivity contribution is 5.96. The monoisotopic (exact) mass is 602 g/mol. The Balaban J connectivity index is 1.34. The maximum Gasteiger partial charge on any atom is 0.164 e. The number of hydrogen-bond acceptors (Lipinski definition) is 4. The molecule has 4 nitrogen and oxygen atoms in total. The molecule has 0 radical (unpaired) electrons. The van der Waals surface area contributed by atoms with Gasteiger partial charge in [0.15, 0.2) is 17.5 Å². The van der Waals surface area contributed by atoms with Crippen LogP contribution in [0.2, 0.25) is 0 Å². The van der Waals surface area contributed by atoms with Crippen LogP contribution in [0.3, 0.4) is 0 Å². The van der Waals surface area contributed by atoms with Crippen LogP contribution in [-0.4, -0.2) is 15.0 Å². The largest absolute Gasteiger partial charge is 0.208 e. The smallest absolute Gasteiger partial charge is 0.164 e. The minimum Gasteiger partial charge on any atom is -0.208 e. The molecule has 0 amide bonds. The van der Waals surface area contributed by atoms with Crippen LogP contribution in [0.15, 0.2) is 146 Å². The second kappa shape index (κ2) is 11.3. The van der Waals surface area contributed by atoms with Crippen molar-refractivity contribution in [2.24, 2.45) is 0 Å². The summed E-state index contributed by atoms with van der Waals surface area (Å²) in [6, 6.07) is 52.1. The first kappa shape index (κ1) is 28.3. The summed E-state index contributed by atoms with van der Waals surface area (Å²) in [6.07, 6.45) is 0. The summed E-state index contributed by atoms with van der Waals surface area (Å²) >= 11 is 0. The third kappa shape index (κ3) is 4.90. The highest BCUT2D eigenvalue weighted by atomic mass is 15.0. The van der Waals surface area contributed by atoms with Crippen LogP contribution in [0.1, 0.15) is 30.5 Å². The lowest BCUT2D eigenvalue weighted by Crippen LogP contribution is -2.15. The topological polar surface area (TPSA) is 62.5 Å². The van der Waals surface area contributed by atoms with Crippen molar-refractivity contribution >= 4 is 0 Å². The highest BCUT2D eigenvalue weighted by Gasteiger charge is 2.37. The molecule has 47 heavy (non-hydrogen) atoms. The Hall–Kier alpha value is -6.18. The number of rotatable bonds is 5. The third-order valence-electron chi connectivity index (χ3n) is 9.18. The lowest BCUT2D eigenvalue weighted by molar-refractivity contribution is 0.660. The Labute approximate surface area is 274 Å². The summed E-state index contributed by atoms with van der Waals surface area (Å²) in [5.41, 5.74) is 12.4.